The van der Waals surface area contributed by atoms with Crippen LogP contribution >= 0.6 is 0 Å². The highest BCUT2D eigenvalue weighted by Gasteiger charge is 2.44. The molecule has 88 valence electrons. The van der Waals surface area contributed by atoms with Crippen molar-refractivity contribution in [3.63, 3.8) is 0 Å². The standard InChI is InChI=1S/C14H14O3/c1-8-6-7-11-13(16)12(15)9-4-2-3-5-10(9)14(11)17-8/h2-5,8,11,14H,6-7H2,1H3. The Labute approximate surface area is 99.8 Å². The van der Waals surface area contributed by atoms with Crippen molar-refractivity contribution in [2.24, 2.45) is 5.92 Å². The van der Waals surface area contributed by atoms with Crippen LogP contribution in [0, 0.1) is 5.92 Å². The SMILES string of the molecule is CC1CCC2C(=O)C(=O)c3ccccc3C2O1. The molecule has 0 aromatic heterocycles. The third kappa shape index (κ3) is 1.53. The summed E-state index contributed by atoms with van der Waals surface area (Å²) in [5.74, 6) is -0.894. The lowest BCUT2D eigenvalue weighted by Crippen LogP contribution is -2.40. The Morgan fingerprint density at radius 2 is 1.94 bits per heavy atom. The summed E-state index contributed by atoms with van der Waals surface area (Å²) in [6.45, 7) is 2.01. The van der Waals surface area contributed by atoms with Gasteiger partial charge in [0.1, 0.15) is 0 Å². The van der Waals surface area contributed by atoms with E-state index in [2.05, 4.69) is 0 Å². The Morgan fingerprint density at radius 1 is 1.18 bits per heavy atom. The molecule has 1 saturated heterocycles. The fourth-order valence-corrected chi connectivity index (χ4v) is 2.79. The van der Waals surface area contributed by atoms with Crippen molar-refractivity contribution < 1.29 is 14.3 Å². The molecule has 17 heavy (non-hydrogen) atoms. The minimum Gasteiger partial charge on any atom is -0.370 e. The quantitative estimate of drug-likeness (QED) is 0.642. The van der Waals surface area contributed by atoms with Gasteiger partial charge in [0.2, 0.25) is 11.6 Å². The second-order valence-electron chi connectivity index (χ2n) is 4.83. The van der Waals surface area contributed by atoms with Gasteiger partial charge < -0.3 is 4.74 Å². The van der Waals surface area contributed by atoms with Crippen molar-refractivity contribution in [2.45, 2.75) is 32.0 Å². The van der Waals surface area contributed by atoms with E-state index in [1.807, 2.05) is 19.1 Å². The Morgan fingerprint density at radius 3 is 2.76 bits per heavy atom. The first-order chi connectivity index (χ1) is 8.18. The van der Waals surface area contributed by atoms with Gasteiger partial charge in [0.25, 0.3) is 0 Å². The van der Waals surface area contributed by atoms with Gasteiger partial charge in [-0.25, -0.2) is 0 Å². The minimum atomic E-state index is -0.347. The first kappa shape index (κ1) is 10.7. The van der Waals surface area contributed by atoms with Gasteiger partial charge in [-0.2, -0.15) is 0 Å². The summed E-state index contributed by atoms with van der Waals surface area (Å²) in [5.41, 5.74) is 1.40. The van der Waals surface area contributed by atoms with E-state index in [1.54, 1.807) is 12.1 Å². The maximum Gasteiger partial charge on any atom is 0.229 e. The smallest absolute Gasteiger partial charge is 0.229 e. The van der Waals surface area contributed by atoms with E-state index >= 15 is 0 Å². The van der Waals surface area contributed by atoms with Crippen molar-refractivity contribution in [2.75, 3.05) is 0 Å². The Kier molecular flexibility index (Phi) is 2.37. The average Bonchev–Trinajstić information content (AvgIpc) is 2.36. The minimum absolute atomic E-state index is 0.158. The molecule has 1 aromatic carbocycles. The molecule has 3 heteroatoms. The summed E-state index contributed by atoms with van der Waals surface area (Å²) in [6.07, 6.45) is 1.54. The molecule has 0 N–H and O–H groups in total. The number of hydrogen-bond donors (Lipinski definition) is 0. The molecule has 3 atom stereocenters. The van der Waals surface area contributed by atoms with Crippen LogP contribution < -0.4 is 0 Å². The van der Waals surface area contributed by atoms with E-state index in [4.69, 9.17) is 4.74 Å². The predicted octanol–water partition coefficient (Wildman–Crippen LogP) is 2.31. The second-order valence-corrected chi connectivity index (χ2v) is 4.83. The zero-order chi connectivity index (χ0) is 12.0. The van der Waals surface area contributed by atoms with Gasteiger partial charge in [0.15, 0.2) is 0 Å². The van der Waals surface area contributed by atoms with Gasteiger partial charge in [0.05, 0.1) is 18.1 Å². The number of benzene rings is 1. The molecule has 1 aliphatic carbocycles. The summed E-state index contributed by atoms with van der Waals surface area (Å²) in [6, 6.07) is 7.29. The van der Waals surface area contributed by atoms with Crippen LogP contribution in [0.2, 0.25) is 0 Å². The molecule has 1 aromatic rings. The molecule has 3 nitrogen and oxygen atoms in total. The molecule has 0 saturated carbocycles. The molecule has 3 rings (SSSR count). The van der Waals surface area contributed by atoms with E-state index in [0.29, 0.717) is 5.56 Å². The number of ether oxygens (including phenoxy) is 1. The van der Waals surface area contributed by atoms with E-state index in [9.17, 15) is 9.59 Å². The first-order valence-corrected chi connectivity index (χ1v) is 6.01. The molecule has 0 amide bonds. The largest absolute Gasteiger partial charge is 0.370 e. The number of ketones is 2. The van der Waals surface area contributed by atoms with Gasteiger partial charge in [-0.1, -0.05) is 24.3 Å². The molecular formula is C14H14O3. The van der Waals surface area contributed by atoms with Gasteiger partial charge in [-0.15, -0.1) is 0 Å². The number of carbonyl (C=O) groups is 2. The highest BCUT2D eigenvalue weighted by molar-refractivity contribution is 6.45. The highest BCUT2D eigenvalue weighted by atomic mass is 16.5. The third-order valence-electron chi connectivity index (χ3n) is 3.70. The Bertz CT molecular complexity index is 492. The van der Waals surface area contributed by atoms with Gasteiger partial charge >= 0.3 is 0 Å². The lowest BCUT2D eigenvalue weighted by Gasteiger charge is -2.37. The zero-order valence-corrected chi connectivity index (χ0v) is 9.68. The molecular weight excluding hydrogens is 216 g/mol. The van der Waals surface area contributed by atoms with Crippen molar-refractivity contribution in [3.05, 3.63) is 35.4 Å². The van der Waals surface area contributed by atoms with E-state index in [0.717, 1.165) is 18.4 Å². The van der Waals surface area contributed by atoms with Crippen molar-refractivity contribution >= 4 is 11.6 Å². The summed E-state index contributed by atoms with van der Waals surface area (Å²) in [7, 11) is 0. The summed E-state index contributed by atoms with van der Waals surface area (Å²) < 4.78 is 5.86. The number of fused-ring (bicyclic) bond motifs is 3. The van der Waals surface area contributed by atoms with Crippen LogP contribution in [0.3, 0.4) is 0 Å². The number of rotatable bonds is 0. The van der Waals surface area contributed by atoms with E-state index in [-0.39, 0.29) is 29.7 Å². The first-order valence-electron chi connectivity index (χ1n) is 6.01. The monoisotopic (exact) mass is 230 g/mol. The Balaban J connectivity index is 2.11. The highest BCUT2D eigenvalue weighted by Crippen LogP contribution is 2.41. The lowest BCUT2D eigenvalue weighted by atomic mass is 9.76. The van der Waals surface area contributed by atoms with Gasteiger partial charge in [-0.05, 0) is 25.3 Å². The van der Waals surface area contributed by atoms with E-state index < -0.39 is 0 Å². The number of carbonyl (C=O) groups excluding carboxylic acids is 2. The van der Waals surface area contributed by atoms with Gasteiger partial charge in [-0.3, -0.25) is 9.59 Å². The van der Waals surface area contributed by atoms with Crippen LogP contribution in [0.5, 0.6) is 0 Å². The molecule has 1 fully saturated rings. The van der Waals surface area contributed by atoms with Crippen LogP contribution in [0.1, 0.15) is 41.8 Å². The second kappa shape index (κ2) is 3.77. The topological polar surface area (TPSA) is 43.4 Å². The van der Waals surface area contributed by atoms with Crippen molar-refractivity contribution in [1.29, 1.82) is 0 Å². The maximum absolute atomic E-state index is 12.0. The van der Waals surface area contributed by atoms with Crippen LogP contribution in [-0.4, -0.2) is 17.7 Å². The number of Topliss-reactive ketones (excluding diaryl/α,β-unsaturated/α-hetero) is 2. The van der Waals surface area contributed by atoms with Crippen LogP contribution in [0.25, 0.3) is 0 Å². The fraction of sp³-hybridized carbons (Fsp3) is 0.429. The molecule has 3 unspecified atom stereocenters. The van der Waals surface area contributed by atoms with Crippen LogP contribution in [0.15, 0.2) is 24.3 Å². The van der Waals surface area contributed by atoms with Crippen molar-refractivity contribution in [1.82, 2.24) is 0 Å². The fourth-order valence-electron chi connectivity index (χ4n) is 2.79. The molecule has 1 aliphatic heterocycles. The average molecular weight is 230 g/mol. The normalized spacial score (nSPS) is 31.9. The third-order valence-corrected chi connectivity index (χ3v) is 3.70. The maximum atomic E-state index is 12.0. The summed E-state index contributed by atoms with van der Waals surface area (Å²) in [4.78, 5) is 23.9. The summed E-state index contributed by atoms with van der Waals surface area (Å²) >= 11 is 0. The Hall–Kier alpha value is -1.48. The molecule has 0 radical (unpaired) electrons. The van der Waals surface area contributed by atoms with Crippen LogP contribution in [0.4, 0.5) is 0 Å². The van der Waals surface area contributed by atoms with Gasteiger partial charge in [0, 0.05) is 5.56 Å². The van der Waals surface area contributed by atoms with Crippen LogP contribution in [-0.2, 0) is 9.53 Å². The zero-order valence-electron chi connectivity index (χ0n) is 9.68. The predicted molar refractivity (Wildman–Crippen MR) is 61.8 cm³/mol. The molecule has 1 heterocycles. The summed E-state index contributed by atoms with van der Waals surface area (Å²) in [5, 5.41) is 0. The molecule has 0 spiro atoms. The van der Waals surface area contributed by atoms with Crippen molar-refractivity contribution in [3.8, 4) is 0 Å². The number of hydrogen-bond acceptors (Lipinski definition) is 3. The van der Waals surface area contributed by atoms with E-state index in [1.165, 1.54) is 0 Å². The lowest BCUT2D eigenvalue weighted by molar-refractivity contribution is -0.135. The molecule has 2 aliphatic rings. The molecule has 0 bridgehead atoms.